The molecule has 0 aliphatic carbocycles. The number of hydrazone groups is 1. The van der Waals surface area contributed by atoms with Crippen molar-refractivity contribution in [2.75, 3.05) is 26.2 Å². The fourth-order valence-corrected chi connectivity index (χ4v) is 3.39. The van der Waals surface area contributed by atoms with Gasteiger partial charge in [-0.3, -0.25) is 4.79 Å². The van der Waals surface area contributed by atoms with Crippen molar-refractivity contribution in [1.82, 2.24) is 25.0 Å². The van der Waals surface area contributed by atoms with Crippen LogP contribution in [0.1, 0.15) is 27.3 Å². The first kappa shape index (κ1) is 22.8. The summed E-state index contributed by atoms with van der Waals surface area (Å²) < 4.78 is 38.5. The van der Waals surface area contributed by atoms with Crippen LogP contribution >= 0.6 is 11.6 Å². The normalized spacial score (nSPS) is 15.1. The van der Waals surface area contributed by atoms with Crippen molar-refractivity contribution in [3.05, 3.63) is 52.1 Å². The van der Waals surface area contributed by atoms with Gasteiger partial charge in [0.25, 0.3) is 5.91 Å². The Morgan fingerprint density at radius 1 is 1.29 bits per heavy atom. The molecule has 2 aromatic rings. The number of nitrogens with zero attached hydrogens (tertiary/aromatic N) is 6. The molecule has 1 aromatic heterocycles. The molecule has 0 atom stereocenters. The summed E-state index contributed by atoms with van der Waals surface area (Å²) in [5.41, 5.74) is -0.111. The predicted molar refractivity (Wildman–Crippen MR) is 107 cm³/mol. The minimum absolute atomic E-state index is 0.0214. The topological polar surface area (TPSA) is 85.2 Å². The van der Waals surface area contributed by atoms with Gasteiger partial charge in [-0.2, -0.15) is 18.3 Å². The van der Waals surface area contributed by atoms with Crippen LogP contribution < -0.4 is 0 Å². The van der Waals surface area contributed by atoms with Crippen LogP contribution in [-0.4, -0.2) is 68.9 Å². The lowest BCUT2D eigenvalue weighted by Crippen LogP contribution is -2.53. The van der Waals surface area contributed by atoms with Crippen LogP contribution in [0.5, 0.6) is 5.75 Å². The number of amides is 1. The third-order valence-electron chi connectivity index (χ3n) is 4.93. The monoisotopic (exact) mass is 456 g/mol. The largest absolute Gasteiger partial charge is 0.504 e. The number of rotatable bonds is 5. The number of hydrogen-bond acceptors (Lipinski definition) is 7. The smallest absolute Gasteiger partial charge is 0.416 e. The molecule has 1 aliphatic heterocycles. The van der Waals surface area contributed by atoms with Crippen molar-refractivity contribution in [2.45, 2.75) is 19.6 Å². The zero-order valence-corrected chi connectivity index (χ0v) is 17.4. The van der Waals surface area contributed by atoms with E-state index < -0.39 is 17.6 Å². The zero-order valence-electron chi connectivity index (χ0n) is 16.6. The highest BCUT2D eigenvalue weighted by atomic mass is 35.5. The fraction of sp³-hybridized carbons (Fsp3) is 0.368. The van der Waals surface area contributed by atoms with Crippen LogP contribution in [0.25, 0.3) is 0 Å². The summed E-state index contributed by atoms with van der Waals surface area (Å²) in [5, 5.41) is 17.3. The fourth-order valence-electron chi connectivity index (χ4n) is 3.15. The van der Waals surface area contributed by atoms with Gasteiger partial charge in [-0.05, 0) is 24.6 Å². The van der Waals surface area contributed by atoms with Crippen molar-refractivity contribution >= 4 is 24.2 Å². The molecule has 1 fully saturated rings. The second-order valence-corrected chi connectivity index (χ2v) is 7.29. The minimum Gasteiger partial charge on any atom is -0.504 e. The maximum absolute atomic E-state index is 12.8. The summed E-state index contributed by atoms with van der Waals surface area (Å²) in [6.07, 6.45) is -3.26. The molecule has 0 spiro atoms. The number of aryl methyl sites for hydroxylation is 1. The average Bonchev–Trinajstić information content (AvgIpc) is 2.74. The van der Waals surface area contributed by atoms with E-state index in [9.17, 15) is 23.1 Å². The molecule has 8 nitrogen and oxygen atoms in total. The molecule has 12 heteroatoms. The van der Waals surface area contributed by atoms with Gasteiger partial charge in [0.15, 0.2) is 11.4 Å². The summed E-state index contributed by atoms with van der Waals surface area (Å²) in [6.45, 7) is 6.67. The first-order valence-corrected chi connectivity index (χ1v) is 9.64. The molecule has 3 rings (SSSR count). The summed E-state index contributed by atoms with van der Waals surface area (Å²) in [7, 11) is 0. The van der Waals surface area contributed by atoms with Gasteiger partial charge in [-0.15, -0.1) is 0 Å². The summed E-state index contributed by atoms with van der Waals surface area (Å²) in [5.74, 6) is -0.659. The summed E-state index contributed by atoms with van der Waals surface area (Å²) >= 11 is 6.04. The van der Waals surface area contributed by atoms with E-state index in [1.165, 1.54) is 17.5 Å². The molecular weight excluding hydrogens is 437 g/mol. The Hall–Kier alpha value is -2.92. The van der Waals surface area contributed by atoms with Crippen molar-refractivity contribution < 1.29 is 23.1 Å². The molecule has 1 saturated heterocycles. The highest BCUT2D eigenvalue weighted by Crippen LogP contribution is 2.32. The average molecular weight is 457 g/mol. The molecule has 0 saturated carbocycles. The van der Waals surface area contributed by atoms with Gasteiger partial charge in [0.05, 0.1) is 17.8 Å². The second-order valence-electron chi connectivity index (χ2n) is 6.88. The Bertz CT molecular complexity index is 980. The van der Waals surface area contributed by atoms with Crippen LogP contribution in [-0.2, 0) is 12.7 Å². The van der Waals surface area contributed by atoms with Crippen molar-refractivity contribution in [1.29, 1.82) is 0 Å². The lowest BCUT2D eigenvalue weighted by Gasteiger charge is -2.39. The van der Waals surface area contributed by atoms with Gasteiger partial charge in [0.1, 0.15) is 6.33 Å². The quantitative estimate of drug-likeness (QED) is 0.550. The number of alkyl halides is 3. The Labute approximate surface area is 181 Å². The number of piperazine rings is 1. The van der Waals surface area contributed by atoms with Crippen LogP contribution in [0.4, 0.5) is 13.2 Å². The third-order valence-corrected chi connectivity index (χ3v) is 5.28. The maximum atomic E-state index is 12.8. The number of benzene rings is 1. The van der Waals surface area contributed by atoms with Gasteiger partial charge in [0, 0.05) is 37.9 Å². The standard InChI is InChI=1S/C19H20ClF3N6O2/c1-12-17(30)16(26-11-25-12)18(31)27-5-7-28(8-6-27)29(24-2)10-13-3-4-14(9-15(13)20)19(21,22)23/h3-4,9,11,30H,2,5-8,10H2,1H3. The van der Waals surface area contributed by atoms with Crippen molar-refractivity contribution in [3.8, 4) is 5.75 Å². The first-order chi connectivity index (χ1) is 14.6. The number of aromatic hydroxyl groups is 1. The van der Waals surface area contributed by atoms with E-state index in [2.05, 4.69) is 21.8 Å². The molecule has 1 amide bonds. The number of carbonyl (C=O) groups is 1. The van der Waals surface area contributed by atoms with Crippen LogP contribution in [0.2, 0.25) is 5.02 Å². The van der Waals surface area contributed by atoms with Crippen molar-refractivity contribution in [3.63, 3.8) is 0 Å². The van der Waals surface area contributed by atoms with E-state index >= 15 is 0 Å². The number of hydrazine groups is 1. The second kappa shape index (κ2) is 9.06. The number of hydrogen-bond donors (Lipinski definition) is 1. The molecule has 1 aromatic carbocycles. The van der Waals surface area contributed by atoms with Crippen LogP contribution in [0.3, 0.4) is 0 Å². The Balaban J connectivity index is 1.65. The summed E-state index contributed by atoms with van der Waals surface area (Å²) in [4.78, 5) is 21.9. The van der Waals surface area contributed by atoms with Crippen molar-refractivity contribution in [2.24, 2.45) is 5.10 Å². The zero-order chi connectivity index (χ0) is 22.8. The van der Waals surface area contributed by atoms with E-state index in [0.717, 1.165) is 12.1 Å². The van der Waals surface area contributed by atoms with Gasteiger partial charge >= 0.3 is 6.18 Å². The molecule has 0 unspecified atom stereocenters. The lowest BCUT2D eigenvalue weighted by molar-refractivity contribution is -0.137. The highest BCUT2D eigenvalue weighted by Gasteiger charge is 2.31. The first-order valence-electron chi connectivity index (χ1n) is 9.26. The number of aromatic nitrogens is 2. The molecule has 31 heavy (non-hydrogen) atoms. The molecule has 0 bridgehead atoms. The third kappa shape index (κ3) is 5.05. The molecular formula is C19H20ClF3N6O2. The van der Waals surface area contributed by atoms with Crippen LogP contribution in [0.15, 0.2) is 29.6 Å². The Morgan fingerprint density at radius 3 is 2.55 bits per heavy atom. The highest BCUT2D eigenvalue weighted by molar-refractivity contribution is 6.31. The van der Waals surface area contributed by atoms with E-state index in [1.807, 2.05) is 5.01 Å². The minimum atomic E-state index is -4.47. The predicted octanol–water partition coefficient (Wildman–Crippen LogP) is 2.95. The van der Waals surface area contributed by atoms with Crippen LogP contribution in [0, 0.1) is 6.92 Å². The SMILES string of the molecule is C=NN(Cc1ccc(C(F)(F)F)cc1Cl)N1CCN(C(=O)c2ncnc(C)c2O)CC1. The van der Waals surface area contributed by atoms with Gasteiger partial charge in [-0.1, -0.05) is 17.7 Å². The van der Waals surface area contributed by atoms with E-state index in [0.29, 0.717) is 37.4 Å². The van der Waals surface area contributed by atoms with Gasteiger partial charge in [-0.25, -0.2) is 20.1 Å². The Morgan fingerprint density at radius 2 is 1.97 bits per heavy atom. The number of carbonyl (C=O) groups excluding carboxylic acids is 1. The van der Waals surface area contributed by atoms with E-state index in [-0.39, 0.29) is 23.0 Å². The molecule has 0 radical (unpaired) electrons. The maximum Gasteiger partial charge on any atom is 0.416 e. The lowest BCUT2D eigenvalue weighted by atomic mass is 10.1. The molecule has 2 heterocycles. The molecule has 1 N–H and O–H groups in total. The summed E-state index contributed by atoms with van der Waals surface area (Å²) in [6, 6.07) is 3.16. The van der Waals surface area contributed by atoms with E-state index in [1.54, 1.807) is 11.8 Å². The molecule has 1 aliphatic rings. The van der Waals surface area contributed by atoms with Gasteiger partial charge < -0.3 is 10.0 Å². The number of halogens is 4. The van der Waals surface area contributed by atoms with Gasteiger partial charge in [0.2, 0.25) is 0 Å². The van der Waals surface area contributed by atoms with E-state index in [4.69, 9.17) is 11.6 Å². The Kier molecular flexibility index (Phi) is 6.65. The molecule has 166 valence electrons.